The maximum Gasteiger partial charge on any atom is 0.0407 e. The van der Waals surface area contributed by atoms with E-state index in [9.17, 15) is 0 Å². The van der Waals surface area contributed by atoms with Crippen LogP contribution in [0.3, 0.4) is 0 Å². The van der Waals surface area contributed by atoms with E-state index in [2.05, 4.69) is 71.8 Å². The van der Waals surface area contributed by atoms with E-state index < -0.39 is 0 Å². The van der Waals surface area contributed by atoms with Crippen LogP contribution in [0.15, 0.2) is 18.2 Å². The average Bonchev–Trinajstić information content (AvgIpc) is 2.69. The fraction of sp³-hybridized carbons (Fsp3) is 0.571. The number of aryl methyl sites for hydroxylation is 1. The summed E-state index contributed by atoms with van der Waals surface area (Å²) in [5.74, 6) is 0. The fourth-order valence-electron chi connectivity index (χ4n) is 2.51. The lowest BCUT2D eigenvalue weighted by Gasteiger charge is -2.22. The van der Waals surface area contributed by atoms with Crippen LogP contribution in [0.25, 0.3) is 0 Å². The van der Waals surface area contributed by atoms with Gasteiger partial charge in [-0.1, -0.05) is 19.9 Å². The summed E-state index contributed by atoms with van der Waals surface area (Å²) >= 11 is 2.39. The molecule has 1 saturated heterocycles. The minimum absolute atomic E-state index is 0.581. The fourth-order valence-corrected chi connectivity index (χ4v) is 2.98. The molecule has 1 unspecified atom stereocenters. The third-order valence-electron chi connectivity index (χ3n) is 3.27. The largest absolute Gasteiger partial charge is 0.370 e. The lowest BCUT2D eigenvalue weighted by Crippen LogP contribution is -2.37. The molecule has 2 rings (SSSR count). The first kappa shape index (κ1) is 13.1. The van der Waals surface area contributed by atoms with Crippen molar-refractivity contribution in [3.8, 4) is 0 Å². The Labute approximate surface area is 118 Å². The van der Waals surface area contributed by atoms with Gasteiger partial charge < -0.3 is 10.2 Å². The summed E-state index contributed by atoms with van der Waals surface area (Å²) in [5.41, 5.74) is 2.79. The molecule has 1 aromatic carbocycles. The summed E-state index contributed by atoms with van der Waals surface area (Å²) in [6.07, 6.45) is 1.25. The van der Waals surface area contributed by atoms with Gasteiger partial charge >= 0.3 is 0 Å². The van der Waals surface area contributed by atoms with Crippen LogP contribution < -0.4 is 10.2 Å². The normalized spacial score (nSPS) is 20.3. The lowest BCUT2D eigenvalue weighted by molar-refractivity contribution is 0.492. The summed E-state index contributed by atoms with van der Waals surface area (Å²) < 4.78 is 1.32. The highest BCUT2D eigenvalue weighted by Gasteiger charge is 2.23. The van der Waals surface area contributed by atoms with Gasteiger partial charge in [0.1, 0.15) is 0 Å². The highest BCUT2D eigenvalue weighted by molar-refractivity contribution is 14.1. The molecule has 1 aliphatic rings. The van der Waals surface area contributed by atoms with Gasteiger partial charge in [-0.2, -0.15) is 0 Å². The predicted molar refractivity (Wildman–Crippen MR) is 82.8 cm³/mol. The minimum Gasteiger partial charge on any atom is -0.370 e. The zero-order chi connectivity index (χ0) is 12.4. The highest BCUT2D eigenvalue weighted by Crippen LogP contribution is 2.26. The number of benzene rings is 1. The lowest BCUT2D eigenvalue weighted by atomic mass is 10.2. The van der Waals surface area contributed by atoms with Gasteiger partial charge in [-0.15, -0.1) is 0 Å². The second-order valence-corrected chi connectivity index (χ2v) is 6.43. The molecule has 3 heteroatoms. The Kier molecular flexibility index (Phi) is 4.31. The van der Waals surface area contributed by atoms with Gasteiger partial charge in [-0.05, 0) is 53.6 Å². The van der Waals surface area contributed by atoms with Crippen molar-refractivity contribution in [2.75, 3.05) is 18.0 Å². The zero-order valence-electron chi connectivity index (χ0n) is 10.8. The monoisotopic (exact) mass is 344 g/mol. The number of nitrogens with one attached hydrogen (secondary N) is 1. The molecule has 0 spiro atoms. The number of hydrogen-bond donors (Lipinski definition) is 1. The molecule has 1 N–H and O–H groups in total. The van der Waals surface area contributed by atoms with E-state index >= 15 is 0 Å². The van der Waals surface area contributed by atoms with Crippen LogP contribution in [-0.2, 0) is 0 Å². The van der Waals surface area contributed by atoms with Gasteiger partial charge in [0.2, 0.25) is 0 Å². The van der Waals surface area contributed by atoms with Crippen molar-refractivity contribution in [2.45, 2.75) is 39.3 Å². The number of nitrogens with zero attached hydrogens (tertiary/aromatic N) is 1. The number of anilines is 1. The summed E-state index contributed by atoms with van der Waals surface area (Å²) in [7, 11) is 0. The van der Waals surface area contributed by atoms with E-state index in [1.54, 1.807) is 0 Å². The van der Waals surface area contributed by atoms with E-state index in [-0.39, 0.29) is 0 Å². The van der Waals surface area contributed by atoms with Crippen molar-refractivity contribution in [1.82, 2.24) is 5.32 Å². The first-order valence-corrected chi connectivity index (χ1v) is 7.41. The van der Waals surface area contributed by atoms with E-state index in [1.807, 2.05) is 0 Å². The smallest absolute Gasteiger partial charge is 0.0407 e. The third kappa shape index (κ3) is 3.35. The summed E-state index contributed by atoms with van der Waals surface area (Å²) in [6.45, 7) is 8.96. The molecule has 17 heavy (non-hydrogen) atoms. The summed E-state index contributed by atoms with van der Waals surface area (Å²) in [6, 6.07) is 7.93. The van der Waals surface area contributed by atoms with Gasteiger partial charge in [0, 0.05) is 34.4 Å². The number of halogens is 1. The van der Waals surface area contributed by atoms with Gasteiger partial charge in [-0.25, -0.2) is 0 Å². The number of hydrogen-bond acceptors (Lipinski definition) is 2. The molecular formula is C14H21IN2. The average molecular weight is 344 g/mol. The molecule has 94 valence electrons. The molecule has 0 bridgehead atoms. The molecule has 1 atom stereocenters. The van der Waals surface area contributed by atoms with Crippen LogP contribution >= 0.6 is 22.6 Å². The van der Waals surface area contributed by atoms with Crippen LogP contribution in [0, 0.1) is 10.5 Å². The summed E-state index contributed by atoms with van der Waals surface area (Å²) in [4.78, 5) is 2.51. The van der Waals surface area contributed by atoms with Gasteiger partial charge in [-0.3, -0.25) is 0 Å². The molecule has 1 aliphatic heterocycles. The van der Waals surface area contributed by atoms with Crippen LogP contribution in [0.4, 0.5) is 5.69 Å². The quantitative estimate of drug-likeness (QED) is 0.848. The topological polar surface area (TPSA) is 15.3 Å². The Morgan fingerprint density at radius 2 is 2.18 bits per heavy atom. The van der Waals surface area contributed by atoms with Crippen molar-refractivity contribution in [3.05, 3.63) is 27.3 Å². The van der Waals surface area contributed by atoms with Crippen LogP contribution in [-0.4, -0.2) is 25.2 Å². The molecule has 0 aliphatic carbocycles. The molecule has 1 fully saturated rings. The van der Waals surface area contributed by atoms with Gasteiger partial charge in [0.25, 0.3) is 0 Å². The molecule has 1 heterocycles. The standard InChI is InChI=1S/C14H21IN2/c1-10(2)16-13-6-7-17(9-13)14-8-12(15)5-4-11(14)3/h4-5,8,10,13,16H,6-7,9H2,1-3H3. The Bertz CT molecular complexity index is 390. The van der Waals surface area contributed by atoms with E-state index in [0.717, 1.165) is 6.54 Å². The molecular weight excluding hydrogens is 323 g/mol. The van der Waals surface area contributed by atoms with Crippen LogP contribution in [0.1, 0.15) is 25.8 Å². The Morgan fingerprint density at radius 3 is 2.88 bits per heavy atom. The third-order valence-corrected chi connectivity index (χ3v) is 3.94. The van der Waals surface area contributed by atoms with Crippen molar-refractivity contribution in [2.24, 2.45) is 0 Å². The molecule has 1 aromatic rings. The summed E-state index contributed by atoms with van der Waals surface area (Å²) in [5, 5.41) is 3.63. The van der Waals surface area contributed by atoms with Crippen molar-refractivity contribution >= 4 is 28.3 Å². The van der Waals surface area contributed by atoms with E-state index in [4.69, 9.17) is 0 Å². The first-order valence-electron chi connectivity index (χ1n) is 6.33. The molecule has 0 amide bonds. The maximum atomic E-state index is 3.63. The SMILES string of the molecule is Cc1ccc(I)cc1N1CCC(NC(C)C)C1. The Balaban J connectivity index is 2.07. The van der Waals surface area contributed by atoms with E-state index in [1.165, 1.54) is 27.8 Å². The van der Waals surface area contributed by atoms with Crippen LogP contribution in [0.2, 0.25) is 0 Å². The van der Waals surface area contributed by atoms with Crippen molar-refractivity contribution in [3.63, 3.8) is 0 Å². The van der Waals surface area contributed by atoms with Crippen molar-refractivity contribution in [1.29, 1.82) is 0 Å². The van der Waals surface area contributed by atoms with Gasteiger partial charge in [0.15, 0.2) is 0 Å². The van der Waals surface area contributed by atoms with E-state index in [0.29, 0.717) is 12.1 Å². The number of rotatable bonds is 3. The molecule has 0 saturated carbocycles. The second kappa shape index (κ2) is 5.57. The zero-order valence-corrected chi connectivity index (χ0v) is 13.0. The first-order chi connectivity index (χ1) is 8.06. The molecule has 0 aromatic heterocycles. The minimum atomic E-state index is 0.581. The Morgan fingerprint density at radius 1 is 1.41 bits per heavy atom. The molecule has 0 radical (unpaired) electrons. The predicted octanol–water partition coefficient (Wildman–Crippen LogP) is 3.18. The second-order valence-electron chi connectivity index (χ2n) is 5.18. The molecule has 2 nitrogen and oxygen atoms in total. The Hall–Kier alpha value is -0.290. The van der Waals surface area contributed by atoms with Gasteiger partial charge in [0.05, 0.1) is 0 Å². The van der Waals surface area contributed by atoms with Crippen LogP contribution in [0.5, 0.6) is 0 Å². The maximum absolute atomic E-state index is 3.63. The van der Waals surface area contributed by atoms with Crippen molar-refractivity contribution < 1.29 is 0 Å². The highest BCUT2D eigenvalue weighted by atomic mass is 127.